The molecule has 0 amide bonds. The average molecular weight is 656 g/mol. The summed E-state index contributed by atoms with van der Waals surface area (Å²) in [5, 5.41) is 0.928. The maximum atomic E-state index is 14.7. The van der Waals surface area contributed by atoms with Gasteiger partial charge in [-0.15, -0.1) is 0 Å². The average Bonchev–Trinajstić information content (AvgIpc) is 3.52. The Morgan fingerprint density at radius 3 is 2.34 bits per heavy atom. The van der Waals surface area contributed by atoms with Gasteiger partial charge in [0.1, 0.15) is 5.82 Å². The van der Waals surface area contributed by atoms with E-state index in [2.05, 4.69) is 4.57 Å². The summed E-state index contributed by atoms with van der Waals surface area (Å²) < 4.78 is 40.9. The van der Waals surface area contributed by atoms with Crippen LogP contribution in [0.15, 0.2) is 81.7 Å². The monoisotopic (exact) mass is 655 g/mol. The second-order valence-electron chi connectivity index (χ2n) is 11.0. The first-order valence-corrected chi connectivity index (χ1v) is 15.8. The smallest absolute Gasteiger partial charge is 0.338 e. The normalized spacial score (nSPS) is 14.6. The van der Waals surface area contributed by atoms with Crippen molar-refractivity contribution >= 4 is 34.3 Å². The summed E-state index contributed by atoms with van der Waals surface area (Å²) in [5.41, 5.74) is 4.11. The van der Waals surface area contributed by atoms with Crippen LogP contribution in [0.1, 0.15) is 42.3 Å². The zero-order chi connectivity index (χ0) is 33.4. The Morgan fingerprint density at radius 2 is 1.68 bits per heavy atom. The van der Waals surface area contributed by atoms with Gasteiger partial charge in [-0.05, 0) is 56.7 Å². The molecule has 0 saturated heterocycles. The van der Waals surface area contributed by atoms with Crippen LogP contribution in [0.5, 0.6) is 17.2 Å². The summed E-state index contributed by atoms with van der Waals surface area (Å²) in [6.45, 7) is 5.90. The van der Waals surface area contributed by atoms with Crippen molar-refractivity contribution in [3.63, 3.8) is 0 Å². The molecule has 5 aromatic rings. The number of carbonyl (C=O) groups excluding carboxylic acids is 1. The largest absolute Gasteiger partial charge is 0.493 e. The minimum atomic E-state index is -0.885. The number of esters is 1. The first kappa shape index (κ1) is 31.8. The van der Waals surface area contributed by atoms with Crippen LogP contribution < -0.4 is 29.1 Å². The second-order valence-corrected chi connectivity index (χ2v) is 12.0. The van der Waals surface area contributed by atoms with Crippen molar-refractivity contribution in [1.29, 1.82) is 0 Å². The lowest BCUT2D eigenvalue weighted by Gasteiger charge is -2.26. The first-order chi connectivity index (χ1) is 22.7. The van der Waals surface area contributed by atoms with Crippen molar-refractivity contribution < 1.29 is 28.1 Å². The van der Waals surface area contributed by atoms with Crippen molar-refractivity contribution in [2.75, 3.05) is 27.9 Å². The second kappa shape index (κ2) is 12.9. The molecule has 0 radical (unpaired) electrons. The lowest BCUT2D eigenvalue weighted by Crippen LogP contribution is -2.40. The Kier molecular flexibility index (Phi) is 8.74. The number of rotatable bonds is 9. The van der Waals surface area contributed by atoms with Gasteiger partial charge in [0.05, 0.1) is 56.3 Å². The molecule has 3 aromatic carbocycles. The highest BCUT2D eigenvalue weighted by atomic mass is 32.1. The van der Waals surface area contributed by atoms with Gasteiger partial charge in [0, 0.05) is 27.7 Å². The van der Waals surface area contributed by atoms with Crippen LogP contribution in [0.3, 0.4) is 0 Å². The standard InChI is InChI=1S/C36H34FN3O6S/c1-7-46-35(42)31-20(2)38-36-40(32(31)23-16-28(43-4)33(45-6)29(17-23)44-5)34(41)30(47-36)18-25-21(3)39(27-15-11-9-13-24(25)27)19-22-12-8-10-14-26(22)37/h8-18,32H,7,19H2,1-6H3/b30-18-/t32-/m0/s1. The lowest BCUT2D eigenvalue weighted by atomic mass is 9.95. The molecule has 242 valence electrons. The SMILES string of the molecule is CCOC(=O)C1=C(C)N=c2s/c(=C\c3c(C)n(Cc4ccccc4F)c4ccccc34)c(=O)n2[C@H]1c1cc(OC)c(OC)c(OC)c1. The predicted octanol–water partition coefficient (Wildman–Crippen LogP) is 5.27. The quantitative estimate of drug-likeness (QED) is 0.201. The molecule has 0 saturated carbocycles. The zero-order valence-corrected chi connectivity index (χ0v) is 27.7. The number of hydrogen-bond acceptors (Lipinski definition) is 8. The fourth-order valence-corrected chi connectivity index (χ4v) is 7.17. The van der Waals surface area contributed by atoms with E-state index < -0.39 is 12.0 Å². The number of ether oxygens (including phenoxy) is 4. The summed E-state index contributed by atoms with van der Waals surface area (Å²) in [5.74, 6) is 0.278. The van der Waals surface area contributed by atoms with Gasteiger partial charge in [0.25, 0.3) is 5.56 Å². The molecule has 11 heteroatoms. The number of aromatic nitrogens is 2. The summed E-state index contributed by atoms with van der Waals surface area (Å²) >= 11 is 1.23. The number of halogens is 1. The van der Waals surface area contributed by atoms with Crippen LogP contribution in [-0.4, -0.2) is 43.0 Å². The molecule has 9 nitrogen and oxygen atoms in total. The highest BCUT2D eigenvalue weighted by molar-refractivity contribution is 7.07. The van der Waals surface area contributed by atoms with Crippen LogP contribution in [0.25, 0.3) is 17.0 Å². The van der Waals surface area contributed by atoms with Crippen LogP contribution in [0.2, 0.25) is 0 Å². The molecule has 6 rings (SSSR count). The highest BCUT2D eigenvalue weighted by Crippen LogP contribution is 2.42. The van der Waals surface area contributed by atoms with Gasteiger partial charge in [-0.25, -0.2) is 14.2 Å². The van der Waals surface area contributed by atoms with E-state index in [1.54, 1.807) is 38.1 Å². The maximum Gasteiger partial charge on any atom is 0.338 e. The zero-order valence-electron chi connectivity index (χ0n) is 26.9. The van der Waals surface area contributed by atoms with E-state index in [-0.39, 0.29) is 23.6 Å². The Hall–Kier alpha value is -5.16. The molecule has 1 atom stereocenters. The molecule has 1 aliphatic rings. The Labute approximate surface area is 274 Å². The fraction of sp³-hybridized carbons (Fsp3) is 0.250. The van der Waals surface area contributed by atoms with E-state index >= 15 is 0 Å². The molecule has 0 N–H and O–H groups in total. The van der Waals surface area contributed by atoms with Crippen LogP contribution in [-0.2, 0) is 16.1 Å². The number of hydrogen-bond donors (Lipinski definition) is 0. The molecular weight excluding hydrogens is 621 g/mol. The topological polar surface area (TPSA) is 93.3 Å². The maximum absolute atomic E-state index is 14.7. The summed E-state index contributed by atoms with van der Waals surface area (Å²) in [7, 11) is 4.52. The van der Waals surface area contributed by atoms with E-state index in [9.17, 15) is 14.0 Å². The van der Waals surface area contributed by atoms with Gasteiger partial charge in [0.2, 0.25) is 5.75 Å². The van der Waals surface area contributed by atoms with Gasteiger partial charge in [-0.3, -0.25) is 9.36 Å². The van der Waals surface area contributed by atoms with E-state index in [0.717, 1.165) is 22.2 Å². The van der Waals surface area contributed by atoms with Crippen molar-refractivity contribution in [3.05, 3.63) is 120 Å². The van der Waals surface area contributed by atoms with Gasteiger partial charge >= 0.3 is 5.97 Å². The van der Waals surface area contributed by atoms with Gasteiger partial charge in [-0.2, -0.15) is 0 Å². The number of carbonyl (C=O) groups is 1. The third-order valence-electron chi connectivity index (χ3n) is 8.36. The van der Waals surface area contributed by atoms with E-state index in [4.69, 9.17) is 23.9 Å². The number of nitrogens with zero attached hydrogens (tertiary/aromatic N) is 3. The summed E-state index contributed by atoms with van der Waals surface area (Å²) in [6.07, 6.45) is 1.86. The lowest BCUT2D eigenvalue weighted by molar-refractivity contribution is -0.139. The highest BCUT2D eigenvalue weighted by Gasteiger charge is 2.35. The van der Waals surface area contributed by atoms with Crippen molar-refractivity contribution in [2.45, 2.75) is 33.4 Å². The molecule has 3 heterocycles. The molecule has 0 aliphatic carbocycles. The Morgan fingerprint density at radius 1 is 1.00 bits per heavy atom. The molecule has 0 fully saturated rings. The van der Waals surface area contributed by atoms with Gasteiger partial charge in [0.15, 0.2) is 16.3 Å². The van der Waals surface area contributed by atoms with E-state index in [1.807, 2.05) is 43.3 Å². The van der Waals surface area contributed by atoms with Crippen molar-refractivity contribution in [3.8, 4) is 17.2 Å². The number of para-hydroxylation sites is 1. The van der Waals surface area contributed by atoms with Crippen molar-refractivity contribution in [1.82, 2.24) is 9.13 Å². The third kappa shape index (κ3) is 5.50. The van der Waals surface area contributed by atoms with E-state index in [0.29, 0.717) is 50.0 Å². The molecule has 47 heavy (non-hydrogen) atoms. The van der Waals surface area contributed by atoms with Crippen LogP contribution >= 0.6 is 11.3 Å². The first-order valence-electron chi connectivity index (χ1n) is 15.0. The Bertz CT molecular complexity index is 2220. The molecule has 1 aliphatic heterocycles. The summed E-state index contributed by atoms with van der Waals surface area (Å²) in [4.78, 5) is 33.0. The molecule has 0 unspecified atom stereocenters. The third-order valence-corrected chi connectivity index (χ3v) is 9.34. The fourth-order valence-electron chi connectivity index (χ4n) is 6.14. The minimum absolute atomic E-state index is 0.151. The minimum Gasteiger partial charge on any atom is -0.493 e. The molecule has 2 aromatic heterocycles. The molecule has 0 spiro atoms. The number of thiazole rings is 1. The molecular formula is C36H34FN3O6S. The van der Waals surface area contributed by atoms with Crippen LogP contribution in [0.4, 0.5) is 4.39 Å². The van der Waals surface area contributed by atoms with Crippen molar-refractivity contribution in [2.24, 2.45) is 4.99 Å². The van der Waals surface area contributed by atoms with Gasteiger partial charge < -0.3 is 23.5 Å². The number of fused-ring (bicyclic) bond motifs is 2. The Balaban J connectivity index is 1.58. The number of methoxy groups -OCH3 is 3. The number of benzene rings is 3. The number of allylic oxidation sites excluding steroid dienone is 1. The van der Waals surface area contributed by atoms with Crippen LogP contribution in [0, 0.1) is 12.7 Å². The van der Waals surface area contributed by atoms with E-state index in [1.165, 1.54) is 43.3 Å². The van der Waals surface area contributed by atoms with Gasteiger partial charge in [-0.1, -0.05) is 47.7 Å². The predicted molar refractivity (Wildman–Crippen MR) is 179 cm³/mol. The summed E-state index contributed by atoms with van der Waals surface area (Å²) in [6, 6.07) is 17.1. The molecule has 0 bridgehead atoms.